The Morgan fingerprint density at radius 3 is 2.91 bits per heavy atom. The first-order valence-corrected chi connectivity index (χ1v) is 8.20. The van der Waals surface area contributed by atoms with Gasteiger partial charge in [0.1, 0.15) is 6.54 Å². The van der Waals surface area contributed by atoms with Crippen molar-refractivity contribution in [3.05, 3.63) is 23.8 Å². The van der Waals surface area contributed by atoms with Crippen molar-refractivity contribution in [2.24, 2.45) is 7.05 Å². The van der Waals surface area contributed by atoms with E-state index in [0.717, 1.165) is 28.3 Å². The van der Waals surface area contributed by atoms with Gasteiger partial charge in [0.25, 0.3) is 0 Å². The van der Waals surface area contributed by atoms with Gasteiger partial charge in [-0.15, -0.1) is 5.10 Å². The van der Waals surface area contributed by atoms with Gasteiger partial charge in [-0.05, 0) is 10.4 Å². The molecule has 1 saturated heterocycles. The highest BCUT2D eigenvalue weighted by molar-refractivity contribution is 7.99. The molecule has 0 aliphatic carbocycles. The van der Waals surface area contributed by atoms with Gasteiger partial charge < -0.3 is 0 Å². The highest BCUT2D eigenvalue weighted by Crippen LogP contribution is 2.30. The second kappa shape index (κ2) is 6.48. The lowest BCUT2D eigenvalue weighted by molar-refractivity contribution is -0.143. The predicted octanol–water partition coefficient (Wildman–Crippen LogP) is 1.26. The SMILES string of the molecule is Cn1cc(C2CSCCN2Cc2nnnn2CC(F)(F)F)cn1. The number of halogens is 3. The summed E-state index contributed by atoms with van der Waals surface area (Å²) in [6.07, 6.45) is -0.616. The molecule has 1 aliphatic rings. The van der Waals surface area contributed by atoms with Gasteiger partial charge in [-0.2, -0.15) is 30.0 Å². The van der Waals surface area contributed by atoms with Crippen LogP contribution in [0.2, 0.25) is 0 Å². The van der Waals surface area contributed by atoms with Crippen LogP contribution in [0, 0.1) is 0 Å². The van der Waals surface area contributed by atoms with E-state index in [0.29, 0.717) is 0 Å². The van der Waals surface area contributed by atoms with Crippen molar-refractivity contribution in [2.45, 2.75) is 25.3 Å². The van der Waals surface area contributed by atoms with Gasteiger partial charge in [0.15, 0.2) is 5.82 Å². The average molecular weight is 347 g/mol. The standard InChI is InChI=1S/C12H16F3N7S/c1-20-5-9(4-16-20)10-7-23-3-2-21(10)6-11-17-18-19-22(11)8-12(13,14)15/h4-5,10H,2-3,6-8H2,1H3. The number of alkyl halides is 3. The molecular formula is C12H16F3N7S. The van der Waals surface area contributed by atoms with Crippen LogP contribution in [0.25, 0.3) is 0 Å². The zero-order valence-corrected chi connectivity index (χ0v) is 13.3. The maximum absolute atomic E-state index is 12.6. The molecule has 1 unspecified atom stereocenters. The Labute approximate surface area is 134 Å². The largest absolute Gasteiger partial charge is 0.408 e. The van der Waals surface area contributed by atoms with Gasteiger partial charge in [-0.3, -0.25) is 9.58 Å². The summed E-state index contributed by atoms with van der Waals surface area (Å²) >= 11 is 1.82. The van der Waals surface area contributed by atoms with Crippen molar-refractivity contribution < 1.29 is 13.2 Å². The highest BCUT2D eigenvalue weighted by Gasteiger charge is 2.32. The van der Waals surface area contributed by atoms with E-state index in [9.17, 15) is 13.2 Å². The summed E-state index contributed by atoms with van der Waals surface area (Å²) in [6, 6.07) is 0.0958. The van der Waals surface area contributed by atoms with Gasteiger partial charge in [0.2, 0.25) is 0 Å². The smallest absolute Gasteiger partial charge is 0.287 e. The Kier molecular flexibility index (Phi) is 4.57. The summed E-state index contributed by atoms with van der Waals surface area (Å²) in [6.45, 7) is -0.123. The molecule has 126 valence electrons. The van der Waals surface area contributed by atoms with Crippen molar-refractivity contribution in [2.75, 3.05) is 18.1 Å². The third-order valence-electron chi connectivity index (χ3n) is 3.63. The summed E-state index contributed by atoms with van der Waals surface area (Å²) in [7, 11) is 1.84. The summed E-state index contributed by atoms with van der Waals surface area (Å²) < 4.78 is 40.3. The lowest BCUT2D eigenvalue weighted by Gasteiger charge is -2.34. The van der Waals surface area contributed by atoms with Gasteiger partial charge in [-0.1, -0.05) is 0 Å². The highest BCUT2D eigenvalue weighted by atomic mass is 32.2. The molecule has 0 bridgehead atoms. The molecule has 1 atom stereocenters. The van der Waals surface area contributed by atoms with Crippen LogP contribution in [0.5, 0.6) is 0 Å². The molecule has 0 radical (unpaired) electrons. The van der Waals surface area contributed by atoms with E-state index in [1.807, 2.05) is 25.0 Å². The minimum Gasteiger partial charge on any atom is -0.287 e. The molecule has 1 fully saturated rings. The molecule has 1 aliphatic heterocycles. The monoisotopic (exact) mass is 347 g/mol. The molecule has 2 aromatic heterocycles. The van der Waals surface area contributed by atoms with E-state index in [1.54, 1.807) is 10.9 Å². The topological polar surface area (TPSA) is 64.7 Å². The summed E-state index contributed by atoms with van der Waals surface area (Å²) in [5, 5.41) is 14.8. The third-order valence-corrected chi connectivity index (χ3v) is 4.65. The summed E-state index contributed by atoms with van der Waals surface area (Å²) in [5.41, 5.74) is 1.05. The van der Waals surface area contributed by atoms with Crippen LogP contribution in [0.15, 0.2) is 12.4 Å². The number of hydrogen-bond donors (Lipinski definition) is 0. The van der Waals surface area contributed by atoms with Crippen LogP contribution in [0.4, 0.5) is 13.2 Å². The Morgan fingerprint density at radius 1 is 1.39 bits per heavy atom. The van der Waals surface area contributed by atoms with Gasteiger partial charge in [-0.25, -0.2) is 4.68 Å². The van der Waals surface area contributed by atoms with E-state index in [2.05, 4.69) is 25.5 Å². The Hall–Kier alpha value is -1.62. The van der Waals surface area contributed by atoms with Crippen LogP contribution in [0.1, 0.15) is 17.4 Å². The molecule has 2 aromatic rings. The molecule has 3 heterocycles. The normalized spacial score (nSPS) is 20.1. The van der Waals surface area contributed by atoms with Crippen molar-refractivity contribution in [1.82, 2.24) is 34.9 Å². The van der Waals surface area contributed by atoms with Crippen LogP contribution in [0.3, 0.4) is 0 Å². The lowest BCUT2D eigenvalue weighted by atomic mass is 10.1. The predicted molar refractivity (Wildman–Crippen MR) is 77.6 cm³/mol. The second-order valence-corrected chi connectivity index (χ2v) is 6.53. The first kappa shape index (κ1) is 16.2. The molecule has 7 nitrogen and oxygen atoms in total. The number of thioether (sulfide) groups is 1. The zero-order chi connectivity index (χ0) is 16.4. The fourth-order valence-electron chi connectivity index (χ4n) is 2.56. The number of tetrazole rings is 1. The number of hydrogen-bond acceptors (Lipinski definition) is 6. The molecule has 23 heavy (non-hydrogen) atoms. The molecular weight excluding hydrogens is 331 g/mol. The lowest BCUT2D eigenvalue weighted by Crippen LogP contribution is -2.36. The first-order chi connectivity index (χ1) is 10.9. The summed E-state index contributed by atoms with van der Waals surface area (Å²) in [4.78, 5) is 2.10. The third kappa shape index (κ3) is 4.02. The molecule has 0 aromatic carbocycles. The van der Waals surface area contributed by atoms with E-state index in [-0.39, 0.29) is 18.4 Å². The minimum absolute atomic E-state index is 0.0958. The van der Waals surface area contributed by atoms with Crippen LogP contribution in [-0.2, 0) is 20.1 Å². The maximum Gasteiger partial charge on any atom is 0.408 e. The van der Waals surface area contributed by atoms with Crippen molar-refractivity contribution in [3.63, 3.8) is 0 Å². The molecule has 11 heteroatoms. The molecule has 0 amide bonds. The molecule has 3 rings (SSSR count). The van der Waals surface area contributed by atoms with E-state index >= 15 is 0 Å². The van der Waals surface area contributed by atoms with Crippen LogP contribution < -0.4 is 0 Å². The number of aromatic nitrogens is 6. The van der Waals surface area contributed by atoms with Crippen molar-refractivity contribution >= 4 is 11.8 Å². The van der Waals surface area contributed by atoms with E-state index < -0.39 is 12.7 Å². The van der Waals surface area contributed by atoms with E-state index in [4.69, 9.17) is 0 Å². The van der Waals surface area contributed by atoms with E-state index in [1.165, 1.54) is 0 Å². The fraction of sp³-hybridized carbons (Fsp3) is 0.667. The number of rotatable bonds is 4. The van der Waals surface area contributed by atoms with Gasteiger partial charge >= 0.3 is 6.18 Å². The summed E-state index contributed by atoms with van der Waals surface area (Å²) in [5.74, 6) is 2.02. The Morgan fingerprint density at radius 2 is 2.22 bits per heavy atom. The van der Waals surface area contributed by atoms with Gasteiger partial charge in [0, 0.05) is 42.9 Å². The second-order valence-electron chi connectivity index (χ2n) is 5.38. The molecule has 0 N–H and O–H groups in total. The minimum atomic E-state index is -4.34. The average Bonchev–Trinajstić information content (AvgIpc) is 3.08. The number of nitrogens with zero attached hydrogens (tertiary/aromatic N) is 7. The quantitative estimate of drug-likeness (QED) is 0.830. The van der Waals surface area contributed by atoms with Crippen LogP contribution in [-0.4, -0.2) is 59.1 Å². The van der Waals surface area contributed by atoms with Gasteiger partial charge in [0.05, 0.1) is 12.7 Å². The fourth-order valence-corrected chi connectivity index (χ4v) is 3.71. The Balaban J connectivity index is 1.76. The molecule has 0 saturated carbocycles. The van der Waals surface area contributed by atoms with Crippen molar-refractivity contribution in [3.8, 4) is 0 Å². The molecule has 0 spiro atoms. The number of aryl methyl sites for hydroxylation is 1. The maximum atomic E-state index is 12.6. The van der Waals surface area contributed by atoms with Crippen LogP contribution >= 0.6 is 11.8 Å². The zero-order valence-electron chi connectivity index (χ0n) is 12.4. The Bertz CT molecular complexity index is 653. The first-order valence-electron chi connectivity index (χ1n) is 7.04. The van der Waals surface area contributed by atoms with Crippen molar-refractivity contribution in [1.29, 1.82) is 0 Å².